The summed E-state index contributed by atoms with van der Waals surface area (Å²) < 4.78 is 13.9. The van der Waals surface area contributed by atoms with Crippen LogP contribution in [0.15, 0.2) is 30.5 Å². The van der Waals surface area contributed by atoms with Crippen LogP contribution in [0.2, 0.25) is 5.02 Å². The molecule has 0 radical (unpaired) electrons. The molecule has 1 aromatic carbocycles. The first-order valence-corrected chi connectivity index (χ1v) is 8.82. The van der Waals surface area contributed by atoms with Crippen molar-refractivity contribution in [2.75, 3.05) is 18.0 Å². The van der Waals surface area contributed by atoms with Crippen molar-refractivity contribution in [3.63, 3.8) is 0 Å². The van der Waals surface area contributed by atoms with Crippen LogP contribution < -0.4 is 10.2 Å². The predicted octanol–water partition coefficient (Wildman–Crippen LogP) is 3.16. The number of halogens is 2. The van der Waals surface area contributed by atoms with E-state index in [0.29, 0.717) is 18.4 Å². The number of benzene rings is 1. The number of anilines is 1. The van der Waals surface area contributed by atoms with Crippen LogP contribution in [0, 0.1) is 5.82 Å². The molecule has 1 aromatic heterocycles. The van der Waals surface area contributed by atoms with Crippen molar-refractivity contribution in [2.24, 2.45) is 0 Å². The van der Waals surface area contributed by atoms with Crippen molar-refractivity contribution >= 4 is 23.5 Å². The number of amides is 1. The average Bonchev–Trinajstić information content (AvgIpc) is 3.34. The maximum absolute atomic E-state index is 13.9. The quantitative estimate of drug-likeness (QED) is 0.910. The highest BCUT2D eigenvalue weighted by Gasteiger charge is 2.29. The van der Waals surface area contributed by atoms with Gasteiger partial charge < -0.3 is 10.2 Å². The lowest BCUT2D eigenvalue weighted by Crippen LogP contribution is -2.37. The van der Waals surface area contributed by atoms with Gasteiger partial charge in [0.1, 0.15) is 5.82 Å². The van der Waals surface area contributed by atoms with E-state index in [-0.39, 0.29) is 16.6 Å². The molecule has 1 saturated heterocycles. The Morgan fingerprint density at radius 3 is 2.88 bits per heavy atom. The zero-order valence-corrected chi connectivity index (χ0v) is 14.3. The second kappa shape index (κ2) is 6.59. The maximum atomic E-state index is 13.9. The Morgan fingerprint density at radius 2 is 2.12 bits per heavy atom. The standard InChI is InChI=1S/C18H18ClFN4O/c19-12-3-4-14(15(20)9-12)17(25)22-13-6-8-24(10-13)18-21-7-5-16(23-18)11-1-2-11/h3-5,7,9,11,13H,1-2,6,8,10H2,(H,22,25). The minimum Gasteiger partial charge on any atom is -0.347 e. The van der Waals surface area contributed by atoms with Crippen molar-refractivity contribution in [3.8, 4) is 0 Å². The Morgan fingerprint density at radius 1 is 1.28 bits per heavy atom. The highest BCUT2D eigenvalue weighted by molar-refractivity contribution is 6.30. The lowest BCUT2D eigenvalue weighted by atomic mass is 10.1. The Balaban J connectivity index is 1.40. The second-order valence-electron chi connectivity index (χ2n) is 6.59. The first-order valence-electron chi connectivity index (χ1n) is 8.44. The molecule has 1 aliphatic heterocycles. The summed E-state index contributed by atoms with van der Waals surface area (Å²) in [4.78, 5) is 23.3. The van der Waals surface area contributed by atoms with E-state index in [4.69, 9.17) is 11.6 Å². The highest BCUT2D eigenvalue weighted by Crippen LogP contribution is 2.39. The summed E-state index contributed by atoms with van der Waals surface area (Å²) in [7, 11) is 0. The fourth-order valence-corrected chi connectivity index (χ4v) is 3.28. The van der Waals surface area contributed by atoms with Gasteiger partial charge in [0.05, 0.1) is 5.56 Å². The number of hydrogen-bond acceptors (Lipinski definition) is 4. The van der Waals surface area contributed by atoms with Gasteiger partial charge >= 0.3 is 0 Å². The molecule has 7 heteroatoms. The molecule has 0 spiro atoms. The number of nitrogens with zero attached hydrogens (tertiary/aromatic N) is 3. The Bertz CT molecular complexity index is 811. The van der Waals surface area contributed by atoms with Gasteiger partial charge in [-0.25, -0.2) is 14.4 Å². The summed E-state index contributed by atoms with van der Waals surface area (Å²) in [6.07, 6.45) is 4.96. The molecule has 2 fully saturated rings. The molecule has 1 atom stereocenters. The lowest BCUT2D eigenvalue weighted by molar-refractivity contribution is 0.0936. The van der Waals surface area contributed by atoms with Gasteiger partial charge in [-0.1, -0.05) is 11.6 Å². The summed E-state index contributed by atoms with van der Waals surface area (Å²) in [5.41, 5.74) is 1.11. The normalized spacial score (nSPS) is 19.9. The number of carbonyl (C=O) groups is 1. The third-order valence-electron chi connectivity index (χ3n) is 4.64. The van der Waals surface area contributed by atoms with Crippen LogP contribution in [-0.4, -0.2) is 35.0 Å². The predicted molar refractivity (Wildman–Crippen MR) is 93.5 cm³/mol. The van der Waals surface area contributed by atoms with Gasteiger partial charge in [-0.15, -0.1) is 0 Å². The third kappa shape index (κ3) is 3.58. The fourth-order valence-electron chi connectivity index (χ4n) is 3.12. The molecule has 4 rings (SSSR count). The summed E-state index contributed by atoms with van der Waals surface area (Å²) in [6, 6.07) is 5.98. The SMILES string of the molecule is O=C(NC1CCN(c2nccc(C3CC3)n2)C1)c1ccc(Cl)cc1F. The van der Waals surface area contributed by atoms with E-state index in [1.54, 1.807) is 6.20 Å². The number of nitrogens with one attached hydrogen (secondary N) is 1. The van der Waals surface area contributed by atoms with Crippen molar-refractivity contribution in [2.45, 2.75) is 31.2 Å². The van der Waals surface area contributed by atoms with E-state index in [1.807, 2.05) is 6.07 Å². The number of rotatable bonds is 4. The minimum atomic E-state index is -0.611. The Kier molecular flexibility index (Phi) is 4.29. The molecule has 1 unspecified atom stereocenters. The van der Waals surface area contributed by atoms with E-state index in [9.17, 15) is 9.18 Å². The molecule has 1 amide bonds. The zero-order valence-electron chi connectivity index (χ0n) is 13.6. The van der Waals surface area contributed by atoms with Crippen molar-refractivity contribution < 1.29 is 9.18 Å². The third-order valence-corrected chi connectivity index (χ3v) is 4.88. The first-order chi connectivity index (χ1) is 12.1. The molecule has 2 aliphatic rings. The second-order valence-corrected chi connectivity index (χ2v) is 7.02. The zero-order chi connectivity index (χ0) is 17.4. The van der Waals surface area contributed by atoms with Gasteiger partial charge in [0, 0.05) is 42.0 Å². The van der Waals surface area contributed by atoms with E-state index >= 15 is 0 Å². The summed E-state index contributed by atoms with van der Waals surface area (Å²) in [6.45, 7) is 1.39. The van der Waals surface area contributed by atoms with E-state index in [1.165, 1.54) is 25.0 Å². The van der Waals surface area contributed by atoms with E-state index < -0.39 is 11.7 Å². The van der Waals surface area contributed by atoms with Crippen LogP contribution in [0.4, 0.5) is 10.3 Å². The van der Waals surface area contributed by atoms with E-state index in [2.05, 4.69) is 20.2 Å². The van der Waals surface area contributed by atoms with Gasteiger partial charge in [0.25, 0.3) is 5.91 Å². The van der Waals surface area contributed by atoms with Crippen molar-refractivity contribution in [3.05, 3.63) is 52.6 Å². The van der Waals surface area contributed by atoms with Crippen LogP contribution in [-0.2, 0) is 0 Å². The number of hydrogen-bond donors (Lipinski definition) is 1. The molecule has 1 N–H and O–H groups in total. The molecule has 5 nitrogen and oxygen atoms in total. The van der Waals surface area contributed by atoms with Gasteiger partial charge in [-0.05, 0) is 43.5 Å². The van der Waals surface area contributed by atoms with Gasteiger partial charge in [0.2, 0.25) is 5.95 Å². The van der Waals surface area contributed by atoms with Crippen LogP contribution >= 0.6 is 11.6 Å². The molecule has 25 heavy (non-hydrogen) atoms. The maximum Gasteiger partial charge on any atom is 0.254 e. The summed E-state index contributed by atoms with van der Waals surface area (Å²) in [5.74, 6) is 0.251. The monoisotopic (exact) mass is 360 g/mol. The van der Waals surface area contributed by atoms with Crippen LogP contribution in [0.5, 0.6) is 0 Å². The molecular weight excluding hydrogens is 343 g/mol. The summed E-state index contributed by atoms with van der Waals surface area (Å²) >= 11 is 5.73. The first kappa shape index (κ1) is 16.3. The smallest absolute Gasteiger partial charge is 0.254 e. The van der Waals surface area contributed by atoms with Gasteiger partial charge in [-0.2, -0.15) is 0 Å². The van der Waals surface area contributed by atoms with Crippen LogP contribution in [0.25, 0.3) is 0 Å². The van der Waals surface area contributed by atoms with Crippen LogP contribution in [0.3, 0.4) is 0 Å². The lowest BCUT2D eigenvalue weighted by Gasteiger charge is -2.17. The molecule has 2 heterocycles. The van der Waals surface area contributed by atoms with Crippen LogP contribution in [0.1, 0.15) is 41.2 Å². The Hall–Kier alpha value is -2.21. The minimum absolute atomic E-state index is 0.00910. The largest absolute Gasteiger partial charge is 0.347 e. The topological polar surface area (TPSA) is 58.1 Å². The number of carbonyl (C=O) groups excluding carboxylic acids is 1. The average molecular weight is 361 g/mol. The highest BCUT2D eigenvalue weighted by atomic mass is 35.5. The molecule has 1 saturated carbocycles. The van der Waals surface area contributed by atoms with Gasteiger partial charge in [0.15, 0.2) is 0 Å². The van der Waals surface area contributed by atoms with Crippen molar-refractivity contribution in [1.82, 2.24) is 15.3 Å². The molecule has 1 aliphatic carbocycles. The summed E-state index contributed by atoms with van der Waals surface area (Å²) in [5, 5.41) is 3.16. The fraction of sp³-hybridized carbons (Fsp3) is 0.389. The molecule has 130 valence electrons. The van der Waals surface area contributed by atoms with Gasteiger partial charge in [-0.3, -0.25) is 4.79 Å². The molecule has 2 aromatic rings. The molecular formula is C18H18ClFN4O. The Labute approximate surface area is 150 Å². The number of aromatic nitrogens is 2. The molecule has 0 bridgehead atoms. The van der Waals surface area contributed by atoms with E-state index in [0.717, 1.165) is 24.7 Å². The van der Waals surface area contributed by atoms with Crippen molar-refractivity contribution in [1.29, 1.82) is 0 Å².